The number of hydrogen-bond donors (Lipinski definition) is 2. The molecule has 0 aromatic heterocycles. The van der Waals surface area contributed by atoms with E-state index in [0.29, 0.717) is 12.0 Å². The van der Waals surface area contributed by atoms with Gasteiger partial charge in [0.25, 0.3) is 0 Å². The molecule has 0 radical (unpaired) electrons. The van der Waals surface area contributed by atoms with E-state index in [1.165, 1.54) is 12.8 Å². The SMILES string of the molecule is CCOCC(C)N1CCCC(CNC(=O)C2CCCN2)C1. The summed E-state index contributed by atoms with van der Waals surface area (Å²) in [5, 5.41) is 6.39. The zero-order chi connectivity index (χ0) is 15.1. The van der Waals surface area contributed by atoms with Gasteiger partial charge in [-0.05, 0) is 58.5 Å². The number of piperidine rings is 1. The number of amides is 1. The number of nitrogens with one attached hydrogen (secondary N) is 2. The maximum absolute atomic E-state index is 12.0. The minimum atomic E-state index is 0.0431. The van der Waals surface area contributed by atoms with Gasteiger partial charge in [-0.1, -0.05) is 0 Å². The van der Waals surface area contributed by atoms with Gasteiger partial charge < -0.3 is 15.4 Å². The average Bonchev–Trinajstić information content (AvgIpc) is 3.05. The van der Waals surface area contributed by atoms with E-state index in [9.17, 15) is 4.79 Å². The van der Waals surface area contributed by atoms with Gasteiger partial charge in [0.1, 0.15) is 0 Å². The van der Waals surface area contributed by atoms with Crippen molar-refractivity contribution in [2.24, 2.45) is 5.92 Å². The fraction of sp³-hybridized carbons (Fsp3) is 0.938. The molecule has 0 spiro atoms. The molecule has 2 N–H and O–H groups in total. The van der Waals surface area contributed by atoms with E-state index in [-0.39, 0.29) is 11.9 Å². The Kier molecular flexibility index (Phi) is 6.93. The molecule has 2 aliphatic heterocycles. The van der Waals surface area contributed by atoms with Crippen molar-refractivity contribution in [3.63, 3.8) is 0 Å². The molecule has 3 atom stereocenters. The first kappa shape index (κ1) is 16.7. The van der Waals surface area contributed by atoms with E-state index >= 15 is 0 Å². The average molecular weight is 297 g/mol. The summed E-state index contributed by atoms with van der Waals surface area (Å²) in [7, 11) is 0. The number of nitrogens with zero attached hydrogens (tertiary/aromatic N) is 1. The van der Waals surface area contributed by atoms with Gasteiger partial charge in [-0.15, -0.1) is 0 Å². The highest BCUT2D eigenvalue weighted by atomic mass is 16.5. The summed E-state index contributed by atoms with van der Waals surface area (Å²) in [6, 6.07) is 0.515. The minimum Gasteiger partial charge on any atom is -0.380 e. The maximum atomic E-state index is 12.0. The van der Waals surface area contributed by atoms with Crippen molar-refractivity contribution in [2.75, 3.05) is 39.4 Å². The summed E-state index contributed by atoms with van der Waals surface area (Å²) in [6.07, 6.45) is 4.53. The lowest BCUT2D eigenvalue weighted by Crippen LogP contribution is -2.48. The Balaban J connectivity index is 1.69. The van der Waals surface area contributed by atoms with Crippen LogP contribution in [0.2, 0.25) is 0 Å². The summed E-state index contributed by atoms with van der Waals surface area (Å²) in [6.45, 7) is 9.89. The lowest BCUT2D eigenvalue weighted by atomic mass is 9.96. The van der Waals surface area contributed by atoms with E-state index in [1.54, 1.807) is 0 Å². The summed E-state index contributed by atoms with van der Waals surface area (Å²) in [5.41, 5.74) is 0. The van der Waals surface area contributed by atoms with Gasteiger partial charge >= 0.3 is 0 Å². The van der Waals surface area contributed by atoms with Crippen LogP contribution in [0.3, 0.4) is 0 Å². The van der Waals surface area contributed by atoms with Gasteiger partial charge in [0, 0.05) is 25.7 Å². The molecule has 2 saturated heterocycles. The number of likely N-dealkylation sites (tertiary alicyclic amines) is 1. The molecule has 0 bridgehead atoms. The van der Waals surface area contributed by atoms with Gasteiger partial charge in [-0.2, -0.15) is 0 Å². The minimum absolute atomic E-state index is 0.0431. The summed E-state index contributed by atoms with van der Waals surface area (Å²) in [4.78, 5) is 14.5. The third-order valence-corrected chi connectivity index (χ3v) is 4.68. The van der Waals surface area contributed by atoms with E-state index in [1.807, 2.05) is 6.92 Å². The first-order valence-corrected chi connectivity index (χ1v) is 8.53. The summed E-state index contributed by atoms with van der Waals surface area (Å²) in [5.74, 6) is 0.764. The molecule has 0 aromatic rings. The Hall–Kier alpha value is -0.650. The van der Waals surface area contributed by atoms with Crippen molar-refractivity contribution in [2.45, 2.75) is 51.6 Å². The third kappa shape index (κ3) is 5.24. The van der Waals surface area contributed by atoms with Crippen LogP contribution in [0.15, 0.2) is 0 Å². The lowest BCUT2D eigenvalue weighted by molar-refractivity contribution is -0.123. The molecule has 3 unspecified atom stereocenters. The zero-order valence-electron chi connectivity index (χ0n) is 13.6. The summed E-state index contributed by atoms with van der Waals surface area (Å²) < 4.78 is 5.53. The Morgan fingerprint density at radius 2 is 2.29 bits per heavy atom. The third-order valence-electron chi connectivity index (χ3n) is 4.68. The second-order valence-corrected chi connectivity index (χ2v) is 6.41. The van der Waals surface area contributed by atoms with E-state index in [4.69, 9.17) is 4.74 Å². The Bertz CT molecular complexity index is 319. The first-order valence-electron chi connectivity index (χ1n) is 8.53. The van der Waals surface area contributed by atoms with Crippen LogP contribution in [-0.2, 0) is 9.53 Å². The topological polar surface area (TPSA) is 53.6 Å². The van der Waals surface area contributed by atoms with Crippen LogP contribution in [-0.4, -0.2) is 62.3 Å². The number of carbonyl (C=O) groups excluding carboxylic acids is 1. The van der Waals surface area contributed by atoms with E-state index < -0.39 is 0 Å². The maximum Gasteiger partial charge on any atom is 0.237 e. The van der Waals surface area contributed by atoms with Crippen LogP contribution < -0.4 is 10.6 Å². The zero-order valence-corrected chi connectivity index (χ0v) is 13.6. The van der Waals surface area contributed by atoms with Gasteiger partial charge in [0.2, 0.25) is 5.91 Å². The van der Waals surface area contributed by atoms with E-state index in [2.05, 4.69) is 22.5 Å². The molecule has 21 heavy (non-hydrogen) atoms. The first-order chi connectivity index (χ1) is 10.2. The van der Waals surface area contributed by atoms with Gasteiger partial charge in [-0.3, -0.25) is 9.69 Å². The van der Waals surface area contributed by atoms with Crippen LogP contribution in [0.1, 0.15) is 39.5 Å². The molecule has 5 nitrogen and oxygen atoms in total. The number of carbonyl (C=O) groups is 1. The molecule has 0 saturated carbocycles. The number of rotatable bonds is 7. The highest BCUT2D eigenvalue weighted by Gasteiger charge is 2.26. The van der Waals surface area contributed by atoms with Crippen molar-refractivity contribution in [3.8, 4) is 0 Å². The highest BCUT2D eigenvalue weighted by Crippen LogP contribution is 2.18. The van der Waals surface area contributed by atoms with Gasteiger partial charge in [0.15, 0.2) is 0 Å². The van der Waals surface area contributed by atoms with Crippen molar-refractivity contribution in [1.29, 1.82) is 0 Å². The Morgan fingerprint density at radius 3 is 3.00 bits per heavy atom. The monoisotopic (exact) mass is 297 g/mol. The molecule has 0 aromatic carbocycles. The second-order valence-electron chi connectivity index (χ2n) is 6.41. The largest absolute Gasteiger partial charge is 0.380 e. The highest BCUT2D eigenvalue weighted by molar-refractivity contribution is 5.81. The van der Waals surface area contributed by atoms with Crippen molar-refractivity contribution >= 4 is 5.91 Å². The van der Waals surface area contributed by atoms with Crippen LogP contribution in [0.25, 0.3) is 0 Å². The van der Waals surface area contributed by atoms with Crippen molar-refractivity contribution < 1.29 is 9.53 Å². The van der Waals surface area contributed by atoms with Crippen molar-refractivity contribution in [3.05, 3.63) is 0 Å². The summed E-state index contributed by atoms with van der Waals surface area (Å²) >= 11 is 0. The smallest absolute Gasteiger partial charge is 0.237 e. The molecular formula is C16H31N3O2. The fourth-order valence-corrected chi connectivity index (χ4v) is 3.33. The molecule has 1 amide bonds. The molecule has 2 rings (SSSR count). The molecule has 122 valence electrons. The molecule has 5 heteroatoms. The Labute approximate surface area is 128 Å². The lowest BCUT2D eigenvalue weighted by Gasteiger charge is -2.36. The molecular weight excluding hydrogens is 266 g/mol. The van der Waals surface area contributed by atoms with Crippen molar-refractivity contribution in [1.82, 2.24) is 15.5 Å². The Morgan fingerprint density at radius 1 is 1.43 bits per heavy atom. The molecule has 2 fully saturated rings. The van der Waals surface area contributed by atoms with Crippen LogP contribution in [0.4, 0.5) is 0 Å². The van der Waals surface area contributed by atoms with E-state index in [0.717, 1.165) is 52.2 Å². The second kappa shape index (κ2) is 8.71. The quantitative estimate of drug-likeness (QED) is 0.736. The standard InChI is InChI=1S/C16H31N3O2/c1-3-21-12-13(2)19-9-5-6-14(11-19)10-18-16(20)15-7-4-8-17-15/h13-15,17H,3-12H2,1-2H3,(H,18,20). The predicted molar refractivity (Wildman–Crippen MR) is 84.3 cm³/mol. The molecule has 0 aliphatic carbocycles. The van der Waals surface area contributed by atoms with Crippen LogP contribution >= 0.6 is 0 Å². The van der Waals surface area contributed by atoms with Crippen LogP contribution in [0.5, 0.6) is 0 Å². The fourth-order valence-electron chi connectivity index (χ4n) is 3.33. The number of hydrogen-bond acceptors (Lipinski definition) is 4. The van der Waals surface area contributed by atoms with Crippen LogP contribution in [0, 0.1) is 5.92 Å². The van der Waals surface area contributed by atoms with Gasteiger partial charge in [-0.25, -0.2) is 0 Å². The number of ether oxygens (including phenoxy) is 1. The molecule has 2 aliphatic rings. The predicted octanol–water partition coefficient (Wildman–Crippen LogP) is 0.992. The van der Waals surface area contributed by atoms with Gasteiger partial charge in [0.05, 0.1) is 12.6 Å². The normalized spacial score (nSPS) is 28.5. The molecule has 2 heterocycles.